The molecule has 20 heavy (non-hydrogen) atoms. The van der Waals surface area contributed by atoms with Crippen LogP contribution in [-0.4, -0.2) is 35.0 Å². The van der Waals surface area contributed by atoms with Gasteiger partial charge in [0.1, 0.15) is 11.4 Å². The molecule has 0 radical (unpaired) electrons. The Morgan fingerprint density at radius 1 is 1.35 bits per heavy atom. The van der Waals surface area contributed by atoms with Gasteiger partial charge in [0.25, 0.3) is 0 Å². The molecule has 1 aliphatic carbocycles. The molecule has 0 bridgehead atoms. The lowest BCUT2D eigenvalue weighted by Crippen LogP contribution is -2.50. The summed E-state index contributed by atoms with van der Waals surface area (Å²) < 4.78 is 5.48. The molecule has 0 spiro atoms. The van der Waals surface area contributed by atoms with Crippen molar-refractivity contribution in [2.75, 3.05) is 6.54 Å². The number of nitrogens with zero attached hydrogens (tertiary/aromatic N) is 1. The molecule has 2 unspecified atom stereocenters. The van der Waals surface area contributed by atoms with Crippen LogP contribution in [0.25, 0.3) is 0 Å². The predicted molar refractivity (Wildman–Crippen MR) is 79.7 cm³/mol. The minimum Gasteiger partial charge on any atom is -0.444 e. The second-order valence-electron chi connectivity index (χ2n) is 6.59. The van der Waals surface area contributed by atoms with Gasteiger partial charge in [-0.25, -0.2) is 4.79 Å². The summed E-state index contributed by atoms with van der Waals surface area (Å²) in [5.74, 6) is 0.298. The van der Waals surface area contributed by atoms with Gasteiger partial charge in [-0.3, -0.25) is 4.79 Å². The molecule has 0 heterocycles. The van der Waals surface area contributed by atoms with Crippen molar-refractivity contribution in [1.82, 2.24) is 4.90 Å². The molecule has 4 heteroatoms. The van der Waals surface area contributed by atoms with E-state index in [1.165, 1.54) is 0 Å². The van der Waals surface area contributed by atoms with Gasteiger partial charge in [0, 0.05) is 24.9 Å². The van der Waals surface area contributed by atoms with Crippen molar-refractivity contribution in [1.29, 1.82) is 0 Å². The number of carbonyl (C=O) groups excluding carboxylic acids is 2. The highest BCUT2D eigenvalue weighted by Gasteiger charge is 2.37. The molecule has 0 saturated heterocycles. The summed E-state index contributed by atoms with van der Waals surface area (Å²) in [5.41, 5.74) is -0.497. The van der Waals surface area contributed by atoms with Crippen LogP contribution in [0, 0.1) is 5.92 Å². The van der Waals surface area contributed by atoms with E-state index >= 15 is 0 Å². The minimum atomic E-state index is -0.497. The molecule has 0 aromatic carbocycles. The van der Waals surface area contributed by atoms with Crippen molar-refractivity contribution < 1.29 is 14.3 Å². The molecule has 1 saturated carbocycles. The van der Waals surface area contributed by atoms with Gasteiger partial charge in [-0.15, -0.1) is 0 Å². The summed E-state index contributed by atoms with van der Waals surface area (Å²) in [5, 5.41) is 0. The van der Waals surface area contributed by atoms with Gasteiger partial charge in [-0.1, -0.05) is 13.3 Å². The Morgan fingerprint density at radius 2 is 2.00 bits per heavy atom. The first-order chi connectivity index (χ1) is 9.30. The smallest absolute Gasteiger partial charge is 0.410 e. The van der Waals surface area contributed by atoms with Gasteiger partial charge in [-0.2, -0.15) is 0 Å². The third-order valence-electron chi connectivity index (χ3n) is 3.77. The Kier molecular flexibility index (Phi) is 6.03. The van der Waals surface area contributed by atoms with Crippen LogP contribution in [0.3, 0.4) is 0 Å². The molecule has 2 atom stereocenters. The monoisotopic (exact) mass is 283 g/mol. The maximum atomic E-state index is 12.3. The van der Waals surface area contributed by atoms with Crippen LogP contribution >= 0.6 is 0 Å². The average molecular weight is 283 g/mol. The number of Topliss-reactive ketones (excluding diaryl/α,β-unsaturated/α-hetero) is 1. The largest absolute Gasteiger partial charge is 0.444 e. The standard InChI is InChI=1S/C16H29NO3/c1-6-9-12-13(10-8-11-14(12)18)17(7-2)15(19)20-16(3,4)5/h12-13H,6-11H2,1-5H3. The van der Waals surface area contributed by atoms with E-state index in [2.05, 4.69) is 6.92 Å². The third-order valence-corrected chi connectivity index (χ3v) is 3.77. The fraction of sp³-hybridized carbons (Fsp3) is 0.875. The molecule has 1 aliphatic rings. The van der Waals surface area contributed by atoms with E-state index in [9.17, 15) is 9.59 Å². The number of rotatable bonds is 4. The second kappa shape index (κ2) is 7.09. The Hall–Kier alpha value is -1.06. The fourth-order valence-corrected chi connectivity index (χ4v) is 2.94. The lowest BCUT2D eigenvalue weighted by atomic mass is 9.80. The molecule has 0 N–H and O–H groups in total. The van der Waals surface area contributed by atoms with E-state index in [1.807, 2.05) is 27.7 Å². The molecule has 0 aliphatic heterocycles. The van der Waals surface area contributed by atoms with Gasteiger partial charge in [-0.05, 0) is 47.0 Å². The molecule has 1 rings (SSSR count). The number of hydrogen-bond donors (Lipinski definition) is 0. The highest BCUT2D eigenvalue weighted by molar-refractivity contribution is 5.83. The van der Waals surface area contributed by atoms with E-state index < -0.39 is 5.60 Å². The summed E-state index contributed by atoms with van der Waals surface area (Å²) in [4.78, 5) is 26.2. The molecule has 1 amide bonds. The lowest BCUT2D eigenvalue weighted by molar-refractivity contribution is -0.127. The number of hydrogen-bond acceptors (Lipinski definition) is 3. The van der Waals surface area contributed by atoms with Crippen LogP contribution in [0.15, 0.2) is 0 Å². The van der Waals surface area contributed by atoms with Gasteiger partial charge < -0.3 is 9.64 Å². The summed E-state index contributed by atoms with van der Waals surface area (Å²) in [6.45, 7) is 10.2. The SMILES string of the molecule is CCCC1C(=O)CCCC1N(CC)C(=O)OC(C)(C)C. The molecule has 1 fully saturated rings. The van der Waals surface area contributed by atoms with Crippen LogP contribution < -0.4 is 0 Å². The van der Waals surface area contributed by atoms with E-state index in [0.29, 0.717) is 18.7 Å². The molecular formula is C16H29NO3. The Bertz CT molecular complexity index is 346. The zero-order valence-electron chi connectivity index (χ0n) is 13.6. The van der Waals surface area contributed by atoms with Crippen molar-refractivity contribution in [2.45, 2.75) is 78.4 Å². The number of ether oxygens (including phenoxy) is 1. The Balaban J connectivity index is 2.85. The zero-order chi connectivity index (χ0) is 15.3. The number of ketones is 1. The third kappa shape index (κ3) is 4.50. The number of amides is 1. The van der Waals surface area contributed by atoms with Crippen LogP contribution in [0.1, 0.15) is 66.7 Å². The minimum absolute atomic E-state index is 0.0102. The van der Waals surface area contributed by atoms with Gasteiger partial charge in [0.15, 0.2) is 0 Å². The van der Waals surface area contributed by atoms with Crippen molar-refractivity contribution in [3.05, 3.63) is 0 Å². The summed E-state index contributed by atoms with van der Waals surface area (Å²) >= 11 is 0. The fourth-order valence-electron chi connectivity index (χ4n) is 2.94. The first-order valence-electron chi connectivity index (χ1n) is 7.82. The first-order valence-corrected chi connectivity index (χ1v) is 7.82. The Morgan fingerprint density at radius 3 is 2.50 bits per heavy atom. The quantitative estimate of drug-likeness (QED) is 0.788. The molecule has 4 nitrogen and oxygen atoms in total. The van der Waals surface area contributed by atoms with E-state index in [0.717, 1.165) is 25.7 Å². The maximum absolute atomic E-state index is 12.3. The van der Waals surface area contributed by atoms with Gasteiger partial charge in [0.05, 0.1) is 0 Å². The van der Waals surface area contributed by atoms with E-state index in [4.69, 9.17) is 4.74 Å². The predicted octanol–water partition coefficient (Wildman–Crippen LogP) is 3.78. The van der Waals surface area contributed by atoms with Crippen molar-refractivity contribution in [3.8, 4) is 0 Å². The summed E-state index contributed by atoms with van der Waals surface area (Å²) in [6, 6.07) is 0.0102. The van der Waals surface area contributed by atoms with Crippen LogP contribution in [-0.2, 0) is 9.53 Å². The molecule has 0 aromatic heterocycles. The van der Waals surface area contributed by atoms with E-state index in [1.54, 1.807) is 4.90 Å². The van der Waals surface area contributed by atoms with Crippen LogP contribution in [0.2, 0.25) is 0 Å². The first kappa shape index (κ1) is 17.0. The second-order valence-corrected chi connectivity index (χ2v) is 6.59. The van der Waals surface area contributed by atoms with Gasteiger partial charge >= 0.3 is 6.09 Å². The van der Waals surface area contributed by atoms with Crippen molar-refractivity contribution >= 4 is 11.9 Å². The molecule has 0 aromatic rings. The van der Waals surface area contributed by atoms with Crippen molar-refractivity contribution in [2.24, 2.45) is 5.92 Å². The van der Waals surface area contributed by atoms with Gasteiger partial charge in [0.2, 0.25) is 0 Å². The van der Waals surface area contributed by atoms with Crippen LogP contribution in [0.4, 0.5) is 4.79 Å². The average Bonchev–Trinajstić information content (AvgIpc) is 2.32. The highest BCUT2D eigenvalue weighted by Crippen LogP contribution is 2.30. The van der Waals surface area contributed by atoms with Crippen molar-refractivity contribution in [3.63, 3.8) is 0 Å². The molecule has 116 valence electrons. The number of carbonyl (C=O) groups is 2. The summed E-state index contributed by atoms with van der Waals surface area (Å²) in [6.07, 6.45) is 3.99. The summed E-state index contributed by atoms with van der Waals surface area (Å²) in [7, 11) is 0. The lowest BCUT2D eigenvalue weighted by Gasteiger charge is -2.39. The topological polar surface area (TPSA) is 46.6 Å². The van der Waals surface area contributed by atoms with E-state index in [-0.39, 0.29) is 18.1 Å². The zero-order valence-corrected chi connectivity index (χ0v) is 13.6. The Labute approximate surface area is 122 Å². The maximum Gasteiger partial charge on any atom is 0.410 e. The highest BCUT2D eigenvalue weighted by atomic mass is 16.6. The molecular weight excluding hydrogens is 254 g/mol. The normalized spacial score (nSPS) is 23.6. The van der Waals surface area contributed by atoms with Crippen LogP contribution in [0.5, 0.6) is 0 Å².